The van der Waals surface area contributed by atoms with Crippen molar-refractivity contribution in [1.29, 1.82) is 0 Å². The number of hydrogen-bond donors (Lipinski definition) is 1. The molecule has 0 spiro atoms. The van der Waals surface area contributed by atoms with E-state index in [4.69, 9.17) is 19.2 Å². The van der Waals surface area contributed by atoms with Crippen molar-refractivity contribution in [2.75, 3.05) is 6.61 Å². The summed E-state index contributed by atoms with van der Waals surface area (Å²) in [5.74, 6) is 0.185. The molecule has 0 saturated carbocycles. The summed E-state index contributed by atoms with van der Waals surface area (Å²) < 4.78 is 14.6. The summed E-state index contributed by atoms with van der Waals surface area (Å²) in [5, 5.41) is 14.8. The van der Waals surface area contributed by atoms with E-state index in [0.717, 1.165) is 28.0 Å². The lowest BCUT2D eigenvalue weighted by molar-refractivity contribution is -0.139. The molecule has 1 N–H and O–H groups in total. The van der Waals surface area contributed by atoms with Crippen LogP contribution >= 0.6 is 0 Å². The SMILES string of the molecule is Cc1cc(C=Nn2c(-c3cc4ccccc4o3)nc3ccccc3c2=O)c(C)n1-c1ccc(OCC(=O)O)cc1. The molecule has 0 amide bonds. The van der Waals surface area contributed by atoms with Crippen LogP contribution in [-0.2, 0) is 4.79 Å². The average molecular weight is 533 g/mol. The van der Waals surface area contributed by atoms with Crippen molar-refractivity contribution in [3.63, 3.8) is 0 Å². The molecule has 6 aromatic rings. The lowest BCUT2D eigenvalue weighted by Crippen LogP contribution is -2.20. The highest BCUT2D eigenvalue weighted by atomic mass is 16.5. The number of para-hydroxylation sites is 2. The Kier molecular flexibility index (Phi) is 6.24. The van der Waals surface area contributed by atoms with Crippen molar-refractivity contribution in [2.45, 2.75) is 13.8 Å². The molecule has 9 heteroatoms. The van der Waals surface area contributed by atoms with Gasteiger partial charge in [-0.2, -0.15) is 9.78 Å². The van der Waals surface area contributed by atoms with Crippen LogP contribution in [0.5, 0.6) is 5.75 Å². The Labute approximate surface area is 228 Å². The van der Waals surface area contributed by atoms with E-state index >= 15 is 0 Å². The zero-order valence-corrected chi connectivity index (χ0v) is 21.7. The summed E-state index contributed by atoms with van der Waals surface area (Å²) in [5.41, 5.74) is 4.51. The van der Waals surface area contributed by atoms with Crippen molar-refractivity contribution >= 4 is 34.1 Å². The number of hydrogen-bond acceptors (Lipinski definition) is 6. The van der Waals surface area contributed by atoms with Gasteiger partial charge in [-0.15, -0.1) is 0 Å². The van der Waals surface area contributed by atoms with Gasteiger partial charge < -0.3 is 18.8 Å². The Morgan fingerprint density at radius 2 is 1.77 bits per heavy atom. The number of carboxylic acid groups (broad SMARTS) is 1. The second kappa shape index (κ2) is 10.0. The van der Waals surface area contributed by atoms with Gasteiger partial charge in [0.2, 0.25) is 5.82 Å². The van der Waals surface area contributed by atoms with Crippen LogP contribution in [0, 0.1) is 13.8 Å². The molecule has 0 fully saturated rings. The normalized spacial score (nSPS) is 11.6. The minimum Gasteiger partial charge on any atom is -0.482 e. The largest absolute Gasteiger partial charge is 0.482 e. The zero-order valence-electron chi connectivity index (χ0n) is 21.7. The van der Waals surface area contributed by atoms with Crippen molar-refractivity contribution in [3.8, 4) is 23.0 Å². The summed E-state index contributed by atoms with van der Waals surface area (Å²) in [6.45, 7) is 3.54. The van der Waals surface area contributed by atoms with Crippen molar-refractivity contribution in [2.24, 2.45) is 5.10 Å². The Morgan fingerprint density at radius 3 is 2.55 bits per heavy atom. The van der Waals surface area contributed by atoms with E-state index in [0.29, 0.717) is 33.8 Å². The van der Waals surface area contributed by atoms with E-state index in [-0.39, 0.29) is 5.56 Å². The van der Waals surface area contributed by atoms with Gasteiger partial charge in [-0.1, -0.05) is 30.3 Å². The minimum atomic E-state index is -1.03. The van der Waals surface area contributed by atoms with Crippen LogP contribution in [-0.4, -0.2) is 38.1 Å². The van der Waals surface area contributed by atoms with Crippen LogP contribution in [0.1, 0.15) is 17.0 Å². The molecular formula is C31H24N4O5. The number of aryl methyl sites for hydroxylation is 1. The lowest BCUT2D eigenvalue weighted by atomic mass is 10.2. The molecule has 3 aromatic carbocycles. The summed E-state index contributed by atoms with van der Waals surface area (Å²) in [7, 11) is 0. The fraction of sp³-hybridized carbons (Fsp3) is 0.0968. The zero-order chi connectivity index (χ0) is 27.8. The van der Waals surface area contributed by atoms with Crippen molar-refractivity contribution in [3.05, 3.63) is 112 Å². The van der Waals surface area contributed by atoms with Gasteiger partial charge in [0.1, 0.15) is 11.3 Å². The number of rotatable bonds is 7. The van der Waals surface area contributed by atoms with E-state index in [2.05, 4.69) is 5.10 Å². The third-order valence-electron chi connectivity index (χ3n) is 6.64. The molecule has 198 valence electrons. The Hall–Kier alpha value is -5.44. The number of aromatic nitrogens is 3. The van der Waals surface area contributed by atoms with E-state index in [9.17, 15) is 9.59 Å². The third kappa shape index (κ3) is 4.54. The molecule has 0 aliphatic carbocycles. The second-order valence-electron chi connectivity index (χ2n) is 9.30. The standard InChI is InChI=1S/C31H24N4O5/c1-19-15-22(20(2)34(19)23-11-13-24(14-12-23)39-18-29(36)37)17-32-35-30(28-16-21-7-3-6-10-27(21)40-28)33-26-9-5-4-8-25(26)31(35)38/h3-17H,18H2,1-2H3,(H,36,37). The van der Waals surface area contributed by atoms with Gasteiger partial charge in [0.15, 0.2) is 12.4 Å². The number of aliphatic carboxylic acids is 1. The average Bonchev–Trinajstić information content (AvgIpc) is 3.51. The molecule has 6 rings (SSSR count). The highest BCUT2D eigenvalue weighted by Crippen LogP contribution is 2.27. The van der Waals surface area contributed by atoms with Crippen molar-refractivity contribution < 1.29 is 19.1 Å². The quantitative estimate of drug-likeness (QED) is 0.269. The van der Waals surface area contributed by atoms with Gasteiger partial charge >= 0.3 is 5.97 Å². The van der Waals surface area contributed by atoms with Gasteiger partial charge in [0.25, 0.3) is 5.56 Å². The summed E-state index contributed by atoms with van der Waals surface area (Å²) in [6.07, 6.45) is 1.65. The van der Waals surface area contributed by atoms with Crippen LogP contribution in [0.2, 0.25) is 0 Å². The maximum Gasteiger partial charge on any atom is 0.341 e. The van der Waals surface area contributed by atoms with E-state index in [1.54, 1.807) is 36.5 Å². The highest BCUT2D eigenvalue weighted by Gasteiger charge is 2.17. The highest BCUT2D eigenvalue weighted by molar-refractivity contribution is 5.85. The lowest BCUT2D eigenvalue weighted by Gasteiger charge is -2.11. The van der Waals surface area contributed by atoms with Crippen LogP contribution in [0.3, 0.4) is 0 Å². The smallest absolute Gasteiger partial charge is 0.341 e. The maximum atomic E-state index is 13.6. The van der Waals surface area contributed by atoms with Crippen LogP contribution in [0.25, 0.3) is 39.1 Å². The number of furan rings is 1. The number of ether oxygens (including phenoxy) is 1. The van der Waals surface area contributed by atoms with Gasteiger partial charge in [-0.05, 0) is 68.4 Å². The number of fused-ring (bicyclic) bond motifs is 2. The predicted molar refractivity (Wildman–Crippen MR) is 153 cm³/mol. The minimum absolute atomic E-state index is 0.303. The van der Waals surface area contributed by atoms with Crippen LogP contribution < -0.4 is 10.3 Å². The van der Waals surface area contributed by atoms with Gasteiger partial charge in [-0.3, -0.25) is 4.79 Å². The van der Waals surface area contributed by atoms with E-state index < -0.39 is 12.6 Å². The molecule has 0 atom stereocenters. The molecule has 0 saturated heterocycles. The number of benzene rings is 3. The van der Waals surface area contributed by atoms with Gasteiger partial charge in [0.05, 0.1) is 17.1 Å². The first kappa shape index (κ1) is 24.9. The molecule has 0 unspecified atom stereocenters. The molecule has 3 heterocycles. The molecule has 0 radical (unpaired) electrons. The molecule has 0 aliphatic heterocycles. The van der Waals surface area contributed by atoms with E-state index in [1.165, 1.54) is 4.68 Å². The molecule has 3 aromatic heterocycles. The molecule has 40 heavy (non-hydrogen) atoms. The van der Waals surface area contributed by atoms with E-state index in [1.807, 2.05) is 73.0 Å². The Morgan fingerprint density at radius 1 is 1.02 bits per heavy atom. The fourth-order valence-electron chi connectivity index (χ4n) is 4.75. The van der Waals surface area contributed by atoms with Crippen molar-refractivity contribution in [1.82, 2.24) is 14.2 Å². The summed E-state index contributed by atoms with van der Waals surface area (Å²) in [4.78, 5) is 29.1. The Bertz CT molecular complexity index is 1950. The predicted octanol–water partition coefficient (Wildman–Crippen LogP) is 5.56. The first-order chi connectivity index (χ1) is 19.4. The molecule has 0 bridgehead atoms. The maximum absolute atomic E-state index is 13.6. The third-order valence-corrected chi connectivity index (χ3v) is 6.64. The number of nitrogens with zero attached hydrogens (tertiary/aromatic N) is 4. The summed E-state index contributed by atoms with van der Waals surface area (Å²) >= 11 is 0. The van der Waals surface area contributed by atoms with Gasteiger partial charge in [0, 0.05) is 28.0 Å². The number of carboxylic acids is 1. The fourth-order valence-corrected chi connectivity index (χ4v) is 4.75. The first-order valence-electron chi connectivity index (χ1n) is 12.6. The monoisotopic (exact) mass is 532 g/mol. The molecule has 9 nitrogen and oxygen atoms in total. The van der Waals surface area contributed by atoms with Gasteiger partial charge in [-0.25, -0.2) is 9.78 Å². The molecule has 0 aliphatic rings. The Balaban J connectivity index is 1.41. The number of carbonyl (C=O) groups is 1. The van der Waals surface area contributed by atoms with Crippen LogP contribution in [0.15, 0.2) is 99.2 Å². The second-order valence-corrected chi connectivity index (χ2v) is 9.30. The summed E-state index contributed by atoms with van der Waals surface area (Å²) in [6, 6.07) is 25.8. The molecular weight excluding hydrogens is 508 g/mol. The topological polar surface area (TPSA) is 112 Å². The first-order valence-corrected chi connectivity index (χ1v) is 12.6. The van der Waals surface area contributed by atoms with Crippen LogP contribution in [0.4, 0.5) is 0 Å².